The van der Waals surface area contributed by atoms with Crippen molar-refractivity contribution in [1.82, 2.24) is 10.6 Å². The number of carbonyl (C=O) groups is 3. The number of allylic oxidation sites excluding steroid dienone is 1. The molecule has 0 saturated heterocycles. The second kappa shape index (κ2) is 8.29. The van der Waals surface area contributed by atoms with Crippen LogP contribution in [0.2, 0.25) is 0 Å². The number of carboxylic acid groups (broad SMARTS) is 1. The van der Waals surface area contributed by atoms with Gasteiger partial charge in [-0.3, -0.25) is 14.9 Å². The second-order valence-electron chi connectivity index (χ2n) is 4.56. The summed E-state index contributed by atoms with van der Waals surface area (Å²) in [4.78, 5) is 32.9. The summed E-state index contributed by atoms with van der Waals surface area (Å²) in [5.74, 6) is -1.39. The lowest BCUT2D eigenvalue weighted by atomic mass is 10.2. The van der Waals surface area contributed by atoms with Gasteiger partial charge < -0.3 is 10.4 Å². The van der Waals surface area contributed by atoms with Crippen LogP contribution in [-0.2, 0) is 9.59 Å². The Hall–Kier alpha value is -1.85. The SMILES string of the molecule is O=C(O)CCCC(=O)NC(=O)NCCC1=CCCC1. The van der Waals surface area contributed by atoms with Crippen molar-refractivity contribution < 1.29 is 19.5 Å². The van der Waals surface area contributed by atoms with Gasteiger partial charge in [0.1, 0.15) is 0 Å². The molecule has 19 heavy (non-hydrogen) atoms. The van der Waals surface area contributed by atoms with Gasteiger partial charge in [-0.25, -0.2) is 4.79 Å². The van der Waals surface area contributed by atoms with Gasteiger partial charge in [-0.2, -0.15) is 0 Å². The Labute approximate surface area is 112 Å². The van der Waals surface area contributed by atoms with Crippen LogP contribution >= 0.6 is 0 Å². The van der Waals surface area contributed by atoms with Gasteiger partial charge in [0.05, 0.1) is 0 Å². The Balaban J connectivity index is 2.05. The number of imide groups is 1. The second-order valence-corrected chi connectivity index (χ2v) is 4.56. The number of carbonyl (C=O) groups excluding carboxylic acids is 2. The molecular weight excluding hydrogens is 248 g/mol. The molecule has 0 spiro atoms. The summed E-state index contributed by atoms with van der Waals surface area (Å²) in [6.07, 6.45) is 6.62. The maximum absolute atomic E-state index is 11.3. The summed E-state index contributed by atoms with van der Waals surface area (Å²) < 4.78 is 0. The van der Waals surface area contributed by atoms with Crippen LogP contribution in [0.3, 0.4) is 0 Å². The van der Waals surface area contributed by atoms with Gasteiger partial charge in [0.15, 0.2) is 0 Å². The summed E-state index contributed by atoms with van der Waals surface area (Å²) >= 11 is 0. The van der Waals surface area contributed by atoms with Crippen molar-refractivity contribution in [1.29, 1.82) is 0 Å². The van der Waals surface area contributed by atoms with Gasteiger partial charge in [0, 0.05) is 19.4 Å². The first kappa shape index (κ1) is 15.2. The molecule has 3 amide bonds. The molecule has 0 aliphatic heterocycles. The number of aliphatic carboxylic acids is 1. The molecule has 6 nitrogen and oxygen atoms in total. The number of hydrogen-bond acceptors (Lipinski definition) is 3. The average Bonchev–Trinajstić information content (AvgIpc) is 2.81. The standard InChI is InChI=1S/C13H20N2O4/c16-11(6-3-7-12(17)18)15-13(19)14-9-8-10-4-1-2-5-10/h4H,1-3,5-9H2,(H,17,18)(H2,14,15,16,19). The lowest BCUT2D eigenvalue weighted by Gasteiger charge is -2.06. The van der Waals surface area contributed by atoms with E-state index in [9.17, 15) is 14.4 Å². The number of rotatable bonds is 7. The van der Waals surface area contributed by atoms with Crippen molar-refractivity contribution in [3.63, 3.8) is 0 Å². The van der Waals surface area contributed by atoms with Crippen molar-refractivity contribution >= 4 is 17.9 Å². The summed E-state index contributed by atoms with van der Waals surface area (Å²) in [6, 6.07) is -0.515. The quantitative estimate of drug-likeness (QED) is 0.611. The highest BCUT2D eigenvalue weighted by Gasteiger charge is 2.09. The number of hydrogen-bond donors (Lipinski definition) is 3. The molecule has 0 aromatic heterocycles. The lowest BCUT2D eigenvalue weighted by molar-refractivity contribution is -0.137. The van der Waals surface area contributed by atoms with Crippen molar-refractivity contribution in [2.24, 2.45) is 0 Å². The van der Waals surface area contributed by atoms with E-state index in [2.05, 4.69) is 16.7 Å². The Morgan fingerprint density at radius 3 is 2.68 bits per heavy atom. The molecule has 0 saturated carbocycles. The fourth-order valence-corrected chi connectivity index (χ4v) is 1.93. The van der Waals surface area contributed by atoms with Gasteiger partial charge in [-0.15, -0.1) is 0 Å². The lowest BCUT2D eigenvalue weighted by Crippen LogP contribution is -2.39. The van der Waals surface area contributed by atoms with E-state index in [0.29, 0.717) is 6.54 Å². The zero-order valence-electron chi connectivity index (χ0n) is 10.9. The van der Waals surface area contributed by atoms with E-state index in [0.717, 1.165) is 19.3 Å². The molecule has 6 heteroatoms. The van der Waals surface area contributed by atoms with Crippen molar-refractivity contribution in [3.05, 3.63) is 11.6 Å². The van der Waals surface area contributed by atoms with Crippen LogP contribution in [0.25, 0.3) is 0 Å². The average molecular weight is 268 g/mol. The smallest absolute Gasteiger partial charge is 0.321 e. The van der Waals surface area contributed by atoms with E-state index in [1.54, 1.807) is 0 Å². The van der Waals surface area contributed by atoms with Crippen LogP contribution in [0.5, 0.6) is 0 Å². The first-order chi connectivity index (χ1) is 9.08. The van der Waals surface area contributed by atoms with E-state index in [1.807, 2.05) is 0 Å². The minimum absolute atomic E-state index is 0.0465. The molecular formula is C13H20N2O4. The minimum atomic E-state index is -0.943. The monoisotopic (exact) mass is 268 g/mol. The first-order valence-corrected chi connectivity index (χ1v) is 6.55. The van der Waals surface area contributed by atoms with Crippen molar-refractivity contribution in [3.8, 4) is 0 Å². The third-order valence-electron chi connectivity index (χ3n) is 2.91. The highest BCUT2D eigenvalue weighted by molar-refractivity contribution is 5.94. The molecule has 0 bridgehead atoms. The Kier molecular flexibility index (Phi) is 6.63. The fraction of sp³-hybridized carbons (Fsp3) is 0.615. The molecule has 0 unspecified atom stereocenters. The van der Waals surface area contributed by atoms with Crippen molar-refractivity contribution in [2.45, 2.75) is 44.9 Å². The minimum Gasteiger partial charge on any atom is -0.481 e. The van der Waals surface area contributed by atoms with E-state index in [1.165, 1.54) is 12.0 Å². The van der Waals surface area contributed by atoms with Crippen LogP contribution in [0.15, 0.2) is 11.6 Å². The molecule has 3 N–H and O–H groups in total. The molecule has 106 valence electrons. The highest BCUT2D eigenvalue weighted by atomic mass is 16.4. The van der Waals surface area contributed by atoms with Gasteiger partial charge in [-0.1, -0.05) is 11.6 Å². The topological polar surface area (TPSA) is 95.5 Å². The summed E-state index contributed by atoms with van der Waals surface area (Å²) in [6.45, 7) is 0.514. The number of urea groups is 1. The van der Waals surface area contributed by atoms with Crippen LogP contribution in [0.1, 0.15) is 44.9 Å². The summed E-state index contributed by atoms with van der Waals surface area (Å²) in [5.41, 5.74) is 1.35. The molecule has 0 heterocycles. The first-order valence-electron chi connectivity index (χ1n) is 6.55. The molecule has 0 aromatic carbocycles. The van der Waals surface area contributed by atoms with Gasteiger partial charge >= 0.3 is 12.0 Å². The maximum Gasteiger partial charge on any atom is 0.321 e. The molecule has 1 aliphatic rings. The Morgan fingerprint density at radius 1 is 1.26 bits per heavy atom. The van der Waals surface area contributed by atoms with Crippen LogP contribution in [0, 0.1) is 0 Å². The zero-order chi connectivity index (χ0) is 14.1. The van der Waals surface area contributed by atoms with E-state index >= 15 is 0 Å². The summed E-state index contributed by atoms with van der Waals surface area (Å²) in [5, 5.41) is 13.2. The van der Waals surface area contributed by atoms with Crippen molar-refractivity contribution in [2.75, 3.05) is 6.54 Å². The van der Waals surface area contributed by atoms with E-state index < -0.39 is 17.9 Å². The normalized spacial score (nSPS) is 13.8. The third kappa shape index (κ3) is 7.23. The molecule has 1 aliphatic carbocycles. The maximum atomic E-state index is 11.3. The number of amides is 3. The largest absolute Gasteiger partial charge is 0.481 e. The van der Waals surface area contributed by atoms with Gasteiger partial charge in [0.25, 0.3) is 0 Å². The van der Waals surface area contributed by atoms with E-state index in [4.69, 9.17) is 5.11 Å². The van der Waals surface area contributed by atoms with Crippen LogP contribution in [-0.4, -0.2) is 29.6 Å². The Morgan fingerprint density at radius 2 is 2.05 bits per heavy atom. The zero-order valence-corrected chi connectivity index (χ0v) is 10.9. The molecule has 0 radical (unpaired) electrons. The third-order valence-corrected chi connectivity index (χ3v) is 2.91. The predicted molar refractivity (Wildman–Crippen MR) is 69.6 cm³/mol. The molecule has 0 fully saturated rings. The summed E-state index contributed by atoms with van der Waals surface area (Å²) in [7, 11) is 0. The van der Waals surface area contributed by atoms with Gasteiger partial charge in [-0.05, 0) is 32.1 Å². The molecule has 0 atom stereocenters. The number of nitrogens with one attached hydrogen (secondary N) is 2. The molecule has 0 aromatic rings. The van der Waals surface area contributed by atoms with Crippen LogP contribution < -0.4 is 10.6 Å². The number of carboxylic acids is 1. The molecule has 1 rings (SSSR count). The predicted octanol–water partition coefficient (Wildman–Crippen LogP) is 1.57. The Bertz CT molecular complexity index is 377. The van der Waals surface area contributed by atoms with Gasteiger partial charge in [0.2, 0.25) is 5.91 Å². The fourth-order valence-electron chi connectivity index (χ4n) is 1.93. The van der Waals surface area contributed by atoms with Crippen LogP contribution in [0.4, 0.5) is 4.79 Å². The highest BCUT2D eigenvalue weighted by Crippen LogP contribution is 2.19. The van der Waals surface area contributed by atoms with E-state index in [-0.39, 0.29) is 19.3 Å².